The van der Waals surface area contributed by atoms with Gasteiger partial charge in [-0.25, -0.2) is 22.2 Å². The monoisotopic (exact) mass is 313 g/mol. The molecule has 1 N–H and O–H groups in total. The van der Waals surface area contributed by atoms with Crippen LogP contribution in [-0.2, 0) is 10.0 Å². The lowest BCUT2D eigenvalue weighted by molar-refractivity contribution is 0.126. The van der Waals surface area contributed by atoms with E-state index in [2.05, 4.69) is 10.3 Å². The molecule has 0 aromatic carbocycles. The van der Waals surface area contributed by atoms with Crippen molar-refractivity contribution in [2.75, 3.05) is 25.5 Å². The lowest BCUT2D eigenvalue weighted by atomic mass is 10.4. The van der Waals surface area contributed by atoms with Crippen molar-refractivity contribution in [2.45, 2.75) is 18.2 Å². The molecule has 108 valence electrons. The predicted octanol–water partition coefficient (Wildman–Crippen LogP) is 2.05. The summed E-state index contributed by atoms with van der Waals surface area (Å²) < 4.78 is 48.9. The van der Waals surface area contributed by atoms with Crippen molar-refractivity contribution < 1.29 is 17.2 Å². The molecule has 1 heterocycles. The van der Waals surface area contributed by atoms with Gasteiger partial charge in [-0.15, -0.1) is 0 Å². The molecule has 9 heteroatoms. The average molecular weight is 314 g/mol. The minimum absolute atomic E-state index is 0.119. The number of aromatic nitrogens is 1. The lowest BCUT2D eigenvalue weighted by Crippen LogP contribution is -2.31. The molecule has 0 radical (unpaired) electrons. The van der Waals surface area contributed by atoms with E-state index >= 15 is 0 Å². The molecule has 0 fully saturated rings. The van der Waals surface area contributed by atoms with Crippen molar-refractivity contribution in [1.29, 1.82) is 0 Å². The maximum atomic E-state index is 12.2. The van der Waals surface area contributed by atoms with Gasteiger partial charge in [0.05, 0.1) is 11.6 Å². The molecule has 1 aromatic heterocycles. The second-order valence-electron chi connectivity index (χ2n) is 3.71. The highest BCUT2D eigenvalue weighted by Gasteiger charge is 2.24. The first-order valence-electron chi connectivity index (χ1n) is 5.43. The fourth-order valence-electron chi connectivity index (χ4n) is 1.33. The largest absolute Gasteiger partial charge is 0.369 e. The number of pyridine rings is 1. The van der Waals surface area contributed by atoms with Crippen LogP contribution in [0, 0.1) is 0 Å². The summed E-state index contributed by atoms with van der Waals surface area (Å²) in [6, 6.07) is 1.18. The van der Waals surface area contributed by atoms with E-state index in [1.54, 1.807) is 0 Å². The first-order valence-corrected chi connectivity index (χ1v) is 7.24. The zero-order chi connectivity index (χ0) is 14.6. The van der Waals surface area contributed by atoms with Crippen LogP contribution >= 0.6 is 11.6 Å². The normalized spacial score (nSPS) is 12.2. The fraction of sp³-hybridized carbons (Fsp3) is 0.500. The number of halogens is 3. The Hall–Kier alpha value is -0.990. The van der Waals surface area contributed by atoms with Gasteiger partial charge in [0, 0.05) is 19.8 Å². The van der Waals surface area contributed by atoms with Crippen LogP contribution < -0.4 is 5.32 Å². The number of rotatable bonds is 6. The van der Waals surface area contributed by atoms with E-state index in [1.165, 1.54) is 6.07 Å². The summed E-state index contributed by atoms with van der Waals surface area (Å²) in [7, 11) is -2.93. The van der Waals surface area contributed by atoms with Crippen LogP contribution in [0.2, 0.25) is 5.02 Å². The van der Waals surface area contributed by atoms with Crippen molar-refractivity contribution in [3.63, 3.8) is 0 Å². The highest BCUT2D eigenvalue weighted by Crippen LogP contribution is 2.24. The van der Waals surface area contributed by atoms with Crippen LogP contribution in [0.15, 0.2) is 17.2 Å². The molecule has 19 heavy (non-hydrogen) atoms. The summed E-state index contributed by atoms with van der Waals surface area (Å²) >= 11 is 5.87. The molecular formula is C10H14ClF2N3O2S. The van der Waals surface area contributed by atoms with Crippen LogP contribution in [0.5, 0.6) is 0 Å². The van der Waals surface area contributed by atoms with E-state index in [0.717, 1.165) is 13.2 Å². The molecule has 0 aliphatic carbocycles. The minimum Gasteiger partial charge on any atom is -0.369 e. The molecule has 0 atom stereocenters. The number of nitrogens with one attached hydrogen (secondary N) is 1. The Balaban J connectivity index is 3.05. The van der Waals surface area contributed by atoms with Crippen LogP contribution in [0.25, 0.3) is 0 Å². The Morgan fingerprint density at radius 3 is 2.63 bits per heavy atom. The fourth-order valence-corrected chi connectivity index (χ4v) is 2.75. The minimum atomic E-state index is -4.01. The first kappa shape index (κ1) is 16.1. The van der Waals surface area contributed by atoms with Crippen LogP contribution in [0.3, 0.4) is 0 Å². The van der Waals surface area contributed by atoms with E-state index in [9.17, 15) is 17.2 Å². The molecule has 0 spiro atoms. The van der Waals surface area contributed by atoms with Crippen LogP contribution in [0.4, 0.5) is 14.6 Å². The third kappa shape index (κ3) is 3.99. The molecule has 0 unspecified atom stereocenters. The van der Waals surface area contributed by atoms with Gasteiger partial charge in [-0.2, -0.15) is 4.31 Å². The number of alkyl halides is 2. The highest BCUT2D eigenvalue weighted by atomic mass is 35.5. The van der Waals surface area contributed by atoms with Crippen molar-refractivity contribution in [2.24, 2.45) is 0 Å². The third-order valence-electron chi connectivity index (χ3n) is 2.26. The van der Waals surface area contributed by atoms with E-state index in [4.69, 9.17) is 11.6 Å². The topological polar surface area (TPSA) is 62.3 Å². The van der Waals surface area contributed by atoms with E-state index in [0.29, 0.717) is 16.7 Å². The summed E-state index contributed by atoms with van der Waals surface area (Å²) in [4.78, 5) is 3.64. The Morgan fingerprint density at radius 2 is 2.16 bits per heavy atom. The van der Waals surface area contributed by atoms with Gasteiger partial charge in [0.2, 0.25) is 10.0 Å². The maximum Gasteiger partial charge on any atom is 0.252 e. The number of sulfonamides is 1. The van der Waals surface area contributed by atoms with Gasteiger partial charge in [-0.05, 0) is 13.0 Å². The molecule has 1 rings (SSSR count). The van der Waals surface area contributed by atoms with Gasteiger partial charge in [-0.3, -0.25) is 0 Å². The van der Waals surface area contributed by atoms with Gasteiger partial charge in [0.15, 0.2) is 0 Å². The lowest BCUT2D eigenvalue weighted by Gasteiger charge is -2.17. The molecule has 1 aromatic rings. The molecule has 5 nitrogen and oxygen atoms in total. The summed E-state index contributed by atoms with van der Waals surface area (Å²) in [6.45, 7) is 1.53. The molecule has 0 aliphatic heterocycles. The SMILES string of the molecule is CCNc1ncc(S(=O)(=O)N(C)CC(F)F)cc1Cl. The molecular weight excluding hydrogens is 300 g/mol. The Labute approximate surface area is 115 Å². The van der Waals surface area contributed by atoms with Gasteiger partial charge in [-0.1, -0.05) is 11.6 Å². The zero-order valence-corrected chi connectivity index (χ0v) is 12.0. The number of hydrogen-bond donors (Lipinski definition) is 1. The predicted molar refractivity (Wildman–Crippen MR) is 69.2 cm³/mol. The summed E-state index contributed by atoms with van der Waals surface area (Å²) in [5.41, 5.74) is 0. The number of hydrogen-bond acceptors (Lipinski definition) is 4. The van der Waals surface area contributed by atoms with Gasteiger partial charge in [0.1, 0.15) is 10.7 Å². The standard InChI is InChI=1S/C10H14ClF2N3O2S/c1-3-14-10-8(11)4-7(5-15-10)19(17,18)16(2)6-9(12)13/h4-5,9H,3,6H2,1-2H3,(H,14,15). The van der Waals surface area contributed by atoms with Gasteiger partial charge in [0.25, 0.3) is 6.43 Å². The summed E-state index contributed by atoms with van der Waals surface area (Å²) in [5, 5.41) is 2.96. The molecule has 0 saturated heterocycles. The van der Waals surface area contributed by atoms with Crippen molar-refractivity contribution >= 4 is 27.4 Å². The Morgan fingerprint density at radius 1 is 1.53 bits per heavy atom. The molecule has 0 bridgehead atoms. The van der Waals surface area contributed by atoms with Crippen molar-refractivity contribution in [1.82, 2.24) is 9.29 Å². The van der Waals surface area contributed by atoms with E-state index < -0.39 is 23.0 Å². The van der Waals surface area contributed by atoms with Crippen molar-refractivity contribution in [3.8, 4) is 0 Å². The van der Waals surface area contributed by atoms with Gasteiger partial charge >= 0.3 is 0 Å². The Bertz CT molecular complexity index is 540. The van der Waals surface area contributed by atoms with Crippen molar-refractivity contribution in [3.05, 3.63) is 17.3 Å². The second kappa shape index (κ2) is 6.44. The quantitative estimate of drug-likeness (QED) is 0.873. The summed E-state index contributed by atoms with van der Waals surface area (Å²) in [6.07, 6.45) is -1.66. The third-order valence-corrected chi connectivity index (χ3v) is 4.34. The maximum absolute atomic E-state index is 12.2. The number of anilines is 1. The molecule has 0 aliphatic rings. The zero-order valence-electron chi connectivity index (χ0n) is 10.4. The first-order chi connectivity index (χ1) is 8.78. The molecule has 0 saturated carbocycles. The van der Waals surface area contributed by atoms with E-state index in [-0.39, 0.29) is 9.92 Å². The number of nitrogens with zero attached hydrogens (tertiary/aromatic N) is 2. The smallest absolute Gasteiger partial charge is 0.252 e. The second-order valence-corrected chi connectivity index (χ2v) is 6.16. The Kier molecular flexibility index (Phi) is 5.45. The van der Waals surface area contributed by atoms with Gasteiger partial charge < -0.3 is 5.32 Å². The highest BCUT2D eigenvalue weighted by molar-refractivity contribution is 7.89. The molecule has 0 amide bonds. The summed E-state index contributed by atoms with van der Waals surface area (Å²) in [5.74, 6) is 0.347. The van der Waals surface area contributed by atoms with Crippen LogP contribution in [0.1, 0.15) is 6.92 Å². The van der Waals surface area contributed by atoms with E-state index in [1.807, 2.05) is 6.92 Å². The van der Waals surface area contributed by atoms with Crippen LogP contribution in [-0.4, -0.2) is 44.3 Å². The average Bonchev–Trinajstić information content (AvgIpc) is 2.31.